The van der Waals surface area contributed by atoms with Crippen LogP contribution < -0.4 is 10.6 Å². The second-order valence-corrected chi connectivity index (χ2v) is 5.56. The van der Waals surface area contributed by atoms with E-state index in [1.165, 1.54) is 0 Å². The second kappa shape index (κ2) is 4.93. The Morgan fingerprint density at radius 1 is 1.42 bits per heavy atom. The van der Waals surface area contributed by atoms with Crippen LogP contribution in [0, 0.1) is 6.92 Å². The van der Waals surface area contributed by atoms with Crippen molar-refractivity contribution in [2.24, 2.45) is 0 Å². The van der Waals surface area contributed by atoms with E-state index < -0.39 is 0 Å². The molecule has 96 valence electrons. The number of carbonyl (C=O) groups is 1. The van der Waals surface area contributed by atoms with Crippen molar-refractivity contribution < 1.29 is 4.79 Å². The number of nitrogens with zero attached hydrogens (tertiary/aromatic N) is 1. The molecule has 2 aromatic rings. The Hall–Kier alpha value is -2.01. The number of amides is 1. The summed E-state index contributed by atoms with van der Waals surface area (Å²) in [5.41, 5.74) is 4.20. The lowest BCUT2D eigenvalue weighted by molar-refractivity contribution is -0.105. The van der Waals surface area contributed by atoms with E-state index in [0.717, 1.165) is 27.4 Å². The Morgan fingerprint density at radius 3 is 3.11 bits per heavy atom. The molecular weight excluding hydrogens is 258 g/mol. The van der Waals surface area contributed by atoms with Crippen molar-refractivity contribution in [1.82, 2.24) is 4.98 Å². The summed E-state index contributed by atoms with van der Waals surface area (Å²) in [4.78, 5) is 15.8. The molecule has 1 amide bonds. The highest BCUT2D eigenvalue weighted by Crippen LogP contribution is 2.46. The summed E-state index contributed by atoms with van der Waals surface area (Å²) in [6.07, 6.45) is 4.35. The molecule has 0 fully saturated rings. The average molecular weight is 271 g/mol. The zero-order valence-corrected chi connectivity index (χ0v) is 11.2. The summed E-state index contributed by atoms with van der Waals surface area (Å²) in [5, 5.41) is 6.32. The lowest BCUT2D eigenvalue weighted by Gasteiger charge is -2.13. The standard InChI is InChI=1S/C14H13N3OS/c1-9-4-10(6-11(5-9)16-8-18)14-17-12-2-3-15-7-13(12)19-14/h2-8,14,17H,1H3,(H,16,18). The van der Waals surface area contributed by atoms with Crippen molar-refractivity contribution >= 4 is 29.5 Å². The third-order valence-electron chi connectivity index (χ3n) is 2.94. The van der Waals surface area contributed by atoms with Crippen LogP contribution in [0.4, 0.5) is 11.4 Å². The average Bonchev–Trinajstić information content (AvgIpc) is 2.82. The SMILES string of the molecule is Cc1cc(NC=O)cc(C2Nc3ccncc3S2)c1. The molecule has 1 aliphatic heterocycles. The molecule has 4 nitrogen and oxygen atoms in total. The lowest BCUT2D eigenvalue weighted by Crippen LogP contribution is -2.03. The maximum atomic E-state index is 10.6. The zero-order chi connectivity index (χ0) is 13.2. The topological polar surface area (TPSA) is 54.0 Å². The molecule has 0 radical (unpaired) electrons. The van der Waals surface area contributed by atoms with Crippen molar-refractivity contribution in [3.05, 3.63) is 47.8 Å². The predicted octanol–water partition coefficient (Wildman–Crippen LogP) is 3.17. The minimum Gasteiger partial charge on any atom is -0.368 e. The Kier molecular flexibility index (Phi) is 3.13. The minimum atomic E-state index is 0.159. The predicted molar refractivity (Wildman–Crippen MR) is 77.3 cm³/mol. The molecule has 1 aromatic carbocycles. The van der Waals surface area contributed by atoms with Crippen LogP contribution in [0.3, 0.4) is 0 Å². The number of hydrogen-bond donors (Lipinski definition) is 2. The molecule has 19 heavy (non-hydrogen) atoms. The molecule has 0 bridgehead atoms. The highest BCUT2D eigenvalue weighted by molar-refractivity contribution is 8.00. The number of aromatic nitrogens is 1. The minimum absolute atomic E-state index is 0.159. The number of nitrogens with one attached hydrogen (secondary N) is 2. The summed E-state index contributed by atoms with van der Waals surface area (Å²) in [6.45, 7) is 2.02. The summed E-state index contributed by atoms with van der Waals surface area (Å²) < 4.78 is 0. The maximum absolute atomic E-state index is 10.6. The first-order chi connectivity index (χ1) is 9.26. The highest BCUT2D eigenvalue weighted by Gasteiger charge is 2.23. The molecule has 0 saturated heterocycles. The van der Waals surface area contributed by atoms with Crippen molar-refractivity contribution in [1.29, 1.82) is 0 Å². The summed E-state index contributed by atoms with van der Waals surface area (Å²) in [6, 6.07) is 8.04. The van der Waals surface area contributed by atoms with E-state index in [1.807, 2.05) is 31.3 Å². The van der Waals surface area contributed by atoms with Gasteiger partial charge in [0.1, 0.15) is 5.37 Å². The molecule has 5 heteroatoms. The van der Waals surface area contributed by atoms with Crippen molar-refractivity contribution in [3.8, 4) is 0 Å². The third-order valence-corrected chi connectivity index (χ3v) is 4.15. The number of fused-ring (bicyclic) bond motifs is 1. The molecule has 1 unspecified atom stereocenters. The van der Waals surface area contributed by atoms with Crippen LogP contribution in [0.5, 0.6) is 0 Å². The molecule has 0 saturated carbocycles. The number of anilines is 2. The fourth-order valence-electron chi connectivity index (χ4n) is 2.16. The van der Waals surface area contributed by atoms with E-state index in [9.17, 15) is 4.79 Å². The third kappa shape index (κ3) is 2.42. The van der Waals surface area contributed by atoms with E-state index in [-0.39, 0.29) is 5.37 Å². The number of thioether (sulfide) groups is 1. The second-order valence-electron chi connectivity index (χ2n) is 4.41. The fraction of sp³-hybridized carbons (Fsp3) is 0.143. The van der Waals surface area contributed by atoms with Gasteiger partial charge in [0.05, 0.1) is 10.6 Å². The Labute approximate surface area is 115 Å². The van der Waals surface area contributed by atoms with Crippen LogP contribution in [-0.2, 0) is 4.79 Å². The normalized spacial score (nSPS) is 16.6. The van der Waals surface area contributed by atoms with Gasteiger partial charge in [-0.15, -0.1) is 0 Å². The van der Waals surface area contributed by atoms with E-state index in [2.05, 4.69) is 21.7 Å². The van der Waals surface area contributed by atoms with Gasteiger partial charge < -0.3 is 10.6 Å². The van der Waals surface area contributed by atoms with E-state index in [4.69, 9.17) is 0 Å². The molecule has 2 heterocycles. The molecule has 1 aliphatic rings. The fourth-order valence-corrected chi connectivity index (χ4v) is 3.25. The molecular formula is C14H13N3OS. The molecule has 0 aliphatic carbocycles. The van der Waals surface area contributed by atoms with Crippen LogP contribution >= 0.6 is 11.8 Å². The number of pyridine rings is 1. The van der Waals surface area contributed by atoms with Gasteiger partial charge in [-0.3, -0.25) is 9.78 Å². The number of carbonyl (C=O) groups excluding carboxylic acids is 1. The van der Waals surface area contributed by atoms with Gasteiger partial charge in [-0.25, -0.2) is 0 Å². The van der Waals surface area contributed by atoms with Crippen LogP contribution in [0.15, 0.2) is 41.6 Å². The van der Waals surface area contributed by atoms with E-state index in [1.54, 1.807) is 18.0 Å². The monoisotopic (exact) mass is 271 g/mol. The summed E-state index contributed by atoms with van der Waals surface area (Å²) in [7, 11) is 0. The zero-order valence-electron chi connectivity index (χ0n) is 10.4. The van der Waals surface area contributed by atoms with Crippen LogP contribution in [0.2, 0.25) is 0 Å². The van der Waals surface area contributed by atoms with Gasteiger partial charge in [0, 0.05) is 18.1 Å². The first kappa shape index (κ1) is 12.0. The summed E-state index contributed by atoms with van der Waals surface area (Å²) >= 11 is 1.74. The molecule has 2 N–H and O–H groups in total. The van der Waals surface area contributed by atoms with Crippen molar-refractivity contribution in [2.75, 3.05) is 10.6 Å². The van der Waals surface area contributed by atoms with Gasteiger partial charge in [-0.05, 0) is 36.2 Å². The first-order valence-corrected chi connectivity index (χ1v) is 6.83. The lowest BCUT2D eigenvalue weighted by atomic mass is 10.1. The van der Waals surface area contributed by atoms with Gasteiger partial charge in [-0.1, -0.05) is 17.8 Å². The van der Waals surface area contributed by atoms with Crippen LogP contribution in [0.25, 0.3) is 0 Å². The van der Waals surface area contributed by atoms with Gasteiger partial charge in [0.2, 0.25) is 6.41 Å². The molecule has 0 spiro atoms. The van der Waals surface area contributed by atoms with Gasteiger partial charge in [0.15, 0.2) is 0 Å². The highest BCUT2D eigenvalue weighted by atomic mass is 32.2. The van der Waals surface area contributed by atoms with E-state index >= 15 is 0 Å². The largest absolute Gasteiger partial charge is 0.368 e. The van der Waals surface area contributed by atoms with Crippen LogP contribution in [0.1, 0.15) is 16.5 Å². The van der Waals surface area contributed by atoms with E-state index in [0.29, 0.717) is 6.41 Å². The van der Waals surface area contributed by atoms with Crippen molar-refractivity contribution in [2.45, 2.75) is 17.2 Å². The maximum Gasteiger partial charge on any atom is 0.211 e. The van der Waals surface area contributed by atoms with Crippen LogP contribution in [-0.4, -0.2) is 11.4 Å². The van der Waals surface area contributed by atoms with Gasteiger partial charge in [-0.2, -0.15) is 0 Å². The number of hydrogen-bond acceptors (Lipinski definition) is 4. The molecule has 1 aromatic heterocycles. The first-order valence-electron chi connectivity index (χ1n) is 5.95. The van der Waals surface area contributed by atoms with Crippen molar-refractivity contribution in [3.63, 3.8) is 0 Å². The van der Waals surface area contributed by atoms with Gasteiger partial charge in [0.25, 0.3) is 0 Å². The van der Waals surface area contributed by atoms with Gasteiger partial charge >= 0.3 is 0 Å². The Morgan fingerprint density at radius 2 is 2.32 bits per heavy atom. The number of rotatable bonds is 3. The Balaban J connectivity index is 1.90. The number of aryl methyl sites for hydroxylation is 1. The number of benzene rings is 1. The summed E-state index contributed by atoms with van der Waals surface area (Å²) in [5.74, 6) is 0. The Bertz CT molecular complexity index is 605. The smallest absolute Gasteiger partial charge is 0.211 e. The quantitative estimate of drug-likeness (QED) is 0.842. The molecule has 1 atom stereocenters. The molecule has 3 rings (SSSR count).